The van der Waals surface area contributed by atoms with Gasteiger partial charge in [-0.15, -0.1) is 5.10 Å². The van der Waals surface area contributed by atoms with Crippen LogP contribution in [0.4, 0.5) is 0 Å². The van der Waals surface area contributed by atoms with Crippen molar-refractivity contribution in [3.05, 3.63) is 184 Å². The molecule has 0 bridgehead atoms. The minimum Gasteiger partial charge on any atom is -0.384 e. The Labute approximate surface area is 321 Å². The molecule has 3 aromatic heterocycles. The van der Waals surface area contributed by atoms with E-state index in [0.717, 1.165) is 87.3 Å². The van der Waals surface area contributed by atoms with Gasteiger partial charge in [0.1, 0.15) is 16.9 Å². The van der Waals surface area contributed by atoms with E-state index in [1.54, 1.807) is 7.11 Å². The van der Waals surface area contributed by atoms with Gasteiger partial charge in [-0.25, -0.2) is 14.6 Å². The zero-order chi connectivity index (χ0) is 37.4. The molecule has 9 rings (SSSR count). The minimum absolute atomic E-state index is 0.166. The summed E-state index contributed by atoms with van der Waals surface area (Å²) >= 11 is 0. The monoisotopic (exact) mass is 721 g/mol. The standard InChI is InChI=1S/C47H43N7O/c1-4-43-49-44-32(2)30-38(28-29-55-3)48-46(44)53(43)42-27-25-34-31-33(24-26-40(34)42)39-22-14-15-23-41(39)45-50-51-52-54(45)47(35-16-8-5-9-17-35,36-18-10-6-11-19-36)37-20-12-7-13-21-37/h5-24,26,30-31,42H,4,25,27-29H2,1-3H3. The molecule has 55 heavy (non-hydrogen) atoms. The van der Waals surface area contributed by atoms with Crippen LogP contribution in [0.3, 0.4) is 0 Å². The Hall–Kier alpha value is -6.25. The number of ether oxygens (including phenoxy) is 1. The van der Waals surface area contributed by atoms with Crippen molar-refractivity contribution in [3.8, 4) is 22.5 Å². The first-order valence-electron chi connectivity index (χ1n) is 19.2. The molecule has 3 heterocycles. The van der Waals surface area contributed by atoms with E-state index in [9.17, 15) is 0 Å². The quantitative estimate of drug-likeness (QED) is 0.124. The van der Waals surface area contributed by atoms with E-state index in [-0.39, 0.29) is 6.04 Å². The van der Waals surface area contributed by atoms with Crippen molar-refractivity contribution in [1.29, 1.82) is 0 Å². The second kappa shape index (κ2) is 14.5. The number of aryl methyl sites for hydroxylation is 3. The number of pyridine rings is 1. The van der Waals surface area contributed by atoms with Gasteiger partial charge >= 0.3 is 0 Å². The molecule has 0 saturated carbocycles. The van der Waals surface area contributed by atoms with Crippen LogP contribution in [0.25, 0.3) is 33.7 Å². The van der Waals surface area contributed by atoms with Crippen LogP contribution in [-0.2, 0) is 29.5 Å². The van der Waals surface area contributed by atoms with E-state index in [1.807, 2.05) is 4.68 Å². The summed E-state index contributed by atoms with van der Waals surface area (Å²) in [4.78, 5) is 10.3. The third-order valence-corrected chi connectivity index (χ3v) is 11.2. The van der Waals surface area contributed by atoms with Gasteiger partial charge in [-0.2, -0.15) is 0 Å². The molecule has 1 aliphatic rings. The Kier molecular flexibility index (Phi) is 9.12. The van der Waals surface area contributed by atoms with Gasteiger partial charge < -0.3 is 9.30 Å². The molecule has 8 heteroatoms. The molecule has 1 unspecified atom stereocenters. The molecule has 0 radical (unpaired) electrons. The molecular weight excluding hydrogens is 679 g/mol. The van der Waals surface area contributed by atoms with Gasteiger partial charge in [-0.1, -0.05) is 140 Å². The molecule has 8 aromatic rings. The van der Waals surface area contributed by atoms with Crippen molar-refractivity contribution in [3.63, 3.8) is 0 Å². The Bertz CT molecular complexity index is 2500. The average molecular weight is 722 g/mol. The Morgan fingerprint density at radius 3 is 2.02 bits per heavy atom. The molecule has 0 aliphatic heterocycles. The fraction of sp³-hybridized carbons (Fsp3) is 0.213. The van der Waals surface area contributed by atoms with Crippen molar-refractivity contribution in [2.45, 2.75) is 51.1 Å². The molecule has 0 amide bonds. The van der Waals surface area contributed by atoms with E-state index in [0.29, 0.717) is 12.4 Å². The third kappa shape index (κ3) is 5.85. The zero-order valence-electron chi connectivity index (χ0n) is 31.4. The van der Waals surface area contributed by atoms with Crippen LogP contribution >= 0.6 is 0 Å². The van der Waals surface area contributed by atoms with E-state index in [2.05, 4.69) is 163 Å². The summed E-state index contributed by atoms with van der Waals surface area (Å²) in [5.74, 6) is 1.76. The number of hydrogen-bond acceptors (Lipinski definition) is 6. The van der Waals surface area contributed by atoms with Crippen molar-refractivity contribution >= 4 is 11.2 Å². The lowest BCUT2D eigenvalue weighted by Gasteiger charge is -2.36. The van der Waals surface area contributed by atoms with Gasteiger partial charge in [0.05, 0.1) is 12.6 Å². The van der Waals surface area contributed by atoms with Crippen LogP contribution in [0.2, 0.25) is 0 Å². The van der Waals surface area contributed by atoms with Crippen molar-refractivity contribution < 1.29 is 4.74 Å². The summed E-state index contributed by atoms with van der Waals surface area (Å²) < 4.78 is 9.81. The van der Waals surface area contributed by atoms with E-state index >= 15 is 0 Å². The lowest BCUT2D eigenvalue weighted by Crippen LogP contribution is -2.39. The summed E-state index contributed by atoms with van der Waals surface area (Å²) in [5.41, 5.74) is 12.4. The Balaban J connectivity index is 1.17. The Morgan fingerprint density at radius 1 is 0.745 bits per heavy atom. The summed E-state index contributed by atoms with van der Waals surface area (Å²) in [6.45, 7) is 4.97. The largest absolute Gasteiger partial charge is 0.384 e. The molecule has 272 valence electrons. The van der Waals surface area contributed by atoms with Crippen molar-refractivity contribution in [1.82, 2.24) is 34.7 Å². The number of imidazole rings is 1. The number of hydrogen-bond donors (Lipinski definition) is 0. The van der Waals surface area contributed by atoms with Gasteiger partial charge in [-0.05, 0) is 80.8 Å². The van der Waals surface area contributed by atoms with Crippen LogP contribution < -0.4 is 0 Å². The predicted octanol–water partition coefficient (Wildman–Crippen LogP) is 9.19. The van der Waals surface area contributed by atoms with Gasteiger partial charge in [0.15, 0.2) is 11.5 Å². The highest BCUT2D eigenvalue weighted by atomic mass is 16.5. The maximum absolute atomic E-state index is 5.39. The lowest BCUT2D eigenvalue weighted by atomic mass is 9.77. The molecule has 0 N–H and O–H groups in total. The molecule has 1 atom stereocenters. The topological polar surface area (TPSA) is 83.5 Å². The van der Waals surface area contributed by atoms with Crippen LogP contribution in [0.5, 0.6) is 0 Å². The van der Waals surface area contributed by atoms with Crippen LogP contribution in [0, 0.1) is 6.92 Å². The number of tetrazole rings is 1. The minimum atomic E-state index is -0.846. The third-order valence-electron chi connectivity index (χ3n) is 11.2. The summed E-state index contributed by atoms with van der Waals surface area (Å²) in [5, 5.41) is 14.0. The van der Waals surface area contributed by atoms with Gasteiger partial charge in [0.25, 0.3) is 0 Å². The maximum atomic E-state index is 5.39. The number of nitrogens with zero attached hydrogens (tertiary/aromatic N) is 7. The molecule has 5 aromatic carbocycles. The lowest BCUT2D eigenvalue weighted by molar-refractivity contribution is 0.201. The first-order chi connectivity index (χ1) is 27.1. The van der Waals surface area contributed by atoms with Crippen molar-refractivity contribution in [2.75, 3.05) is 13.7 Å². The second-order valence-electron chi connectivity index (χ2n) is 14.3. The van der Waals surface area contributed by atoms with Crippen LogP contribution in [0.1, 0.15) is 64.3 Å². The fourth-order valence-electron chi connectivity index (χ4n) is 8.69. The first kappa shape index (κ1) is 34.5. The molecule has 0 spiro atoms. The highest BCUT2D eigenvalue weighted by molar-refractivity contribution is 5.82. The van der Waals surface area contributed by atoms with Gasteiger partial charge in [0.2, 0.25) is 0 Å². The summed E-state index contributed by atoms with van der Waals surface area (Å²) in [6.07, 6.45) is 3.58. The number of aromatic nitrogens is 7. The molecular formula is C47H43N7O. The van der Waals surface area contributed by atoms with Crippen LogP contribution in [0.15, 0.2) is 140 Å². The fourth-order valence-corrected chi connectivity index (χ4v) is 8.69. The predicted molar refractivity (Wildman–Crippen MR) is 217 cm³/mol. The van der Waals surface area contributed by atoms with Crippen LogP contribution in [-0.4, -0.2) is 48.5 Å². The second-order valence-corrected chi connectivity index (χ2v) is 14.3. The Morgan fingerprint density at radius 2 is 1.38 bits per heavy atom. The molecule has 0 saturated heterocycles. The molecule has 8 nitrogen and oxygen atoms in total. The zero-order valence-corrected chi connectivity index (χ0v) is 31.4. The van der Waals surface area contributed by atoms with Gasteiger partial charge in [-0.3, -0.25) is 0 Å². The molecule has 0 fully saturated rings. The summed E-state index contributed by atoms with van der Waals surface area (Å²) in [6, 6.07) is 49.4. The SMILES string of the molecule is CCc1nc2c(C)cc(CCOC)nc2n1C1CCc2cc(-c3ccccc3-c3nnnn3C(c3ccccc3)(c3ccccc3)c3ccccc3)ccc21. The highest BCUT2D eigenvalue weighted by Gasteiger charge is 2.42. The number of rotatable bonds is 11. The number of benzene rings is 5. The maximum Gasteiger partial charge on any atom is 0.184 e. The first-order valence-corrected chi connectivity index (χ1v) is 19.2. The van der Waals surface area contributed by atoms with Crippen molar-refractivity contribution in [2.24, 2.45) is 0 Å². The summed E-state index contributed by atoms with van der Waals surface area (Å²) in [7, 11) is 1.74. The van der Waals surface area contributed by atoms with E-state index < -0.39 is 5.54 Å². The smallest absolute Gasteiger partial charge is 0.184 e. The highest BCUT2D eigenvalue weighted by Crippen LogP contribution is 2.45. The average Bonchev–Trinajstić information content (AvgIpc) is 3.99. The number of fused-ring (bicyclic) bond motifs is 2. The van der Waals surface area contributed by atoms with E-state index in [1.165, 1.54) is 11.1 Å². The number of methoxy groups -OCH3 is 1. The van der Waals surface area contributed by atoms with Gasteiger partial charge in [0, 0.05) is 31.2 Å². The normalized spacial score (nSPS) is 14.1. The molecule has 1 aliphatic carbocycles. The van der Waals surface area contributed by atoms with E-state index in [4.69, 9.17) is 25.0 Å².